The molecule has 90 valence electrons. The minimum absolute atomic E-state index is 0.110. The number of rotatable bonds is 4. The zero-order valence-electron chi connectivity index (χ0n) is 9.63. The second-order valence-electron chi connectivity index (χ2n) is 3.82. The molecule has 0 saturated heterocycles. The van der Waals surface area contributed by atoms with E-state index in [0.717, 1.165) is 34.5 Å². The van der Waals surface area contributed by atoms with Gasteiger partial charge in [-0.05, 0) is 40.0 Å². The maximum absolute atomic E-state index is 5.40. The van der Waals surface area contributed by atoms with Crippen molar-refractivity contribution >= 4 is 15.9 Å². The van der Waals surface area contributed by atoms with Gasteiger partial charge in [0, 0.05) is 6.54 Å². The summed E-state index contributed by atoms with van der Waals surface area (Å²) in [5.41, 5.74) is 1.12. The third kappa shape index (κ3) is 2.74. The van der Waals surface area contributed by atoms with Crippen molar-refractivity contribution in [2.24, 2.45) is 0 Å². The molecule has 1 aliphatic rings. The Balaban J connectivity index is 2.08. The van der Waals surface area contributed by atoms with E-state index in [1.807, 2.05) is 12.1 Å². The van der Waals surface area contributed by atoms with Crippen LogP contribution in [0.25, 0.3) is 0 Å². The highest BCUT2D eigenvalue weighted by Crippen LogP contribution is 2.39. The van der Waals surface area contributed by atoms with Crippen LogP contribution in [-0.4, -0.2) is 12.8 Å². The first kappa shape index (κ1) is 12.3. The molecule has 1 aromatic carbocycles. The fraction of sp³-hybridized carbons (Fsp3) is 0.385. The van der Waals surface area contributed by atoms with Crippen molar-refractivity contribution in [1.82, 2.24) is 5.32 Å². The van der Waals surface area contributed by atoms with Crippen LogP contribution in [0.1, 0.15) is 18.9 Å². The largest absolute Gasteiger partial charge is 0.454 e. The SMILES string of the molecule is C#CC(CC)NCc1cc(Br)c2c(c1)OCO2. The number of hydrogen-bond donors (Lipinski definition) is 1. The van der Waals surface area contributed by atoms with Crippen LogP contribution in [0.4, 0.5) is 0 Å². The summed E-state index contributed by atoms with van der Waals surface area (Å²) in [6.07, 6.45) is 6.32. The Kier molecular flexibility index (Phi) is 3.93. The van der Waals surface area contributed by atoms with Crippen molar-refractivity contribution in [3.8, 4) is 23.8 Å². The van der Waals surface area contributed by atoms with Gasteiger partial charge >= 0.3 is 0 Å². The molecule has 1 heterocycles. The maximum Gasteiger partial charge on any atom is 0.231 e. The molecule has 0 amide bonds. The molecule has 1 N–H and O–H groups in total. The van der Waals surface area contributed by atoms with E-state index < -0.39 is 0 Å². The van der Waals surface area contributed by atoms with Gasteiger partial charge in [-0.2, -0.15) is 0 Å². The van der Waals surface area contributed by atoms with Gasteiger partial charge in [-0.1, -0.05) is 12.8 Å². The van der Waals surface area contributed by atoms with E-state index in [-0.39, 0.29) is 12.8 Å². The average molecular weight is 296 g/mol. The Morgan fingerprint density at radius 2 is 2.35 bits per heavy atom. The molecule has 1 aromatic rings. The van der Waals surface area contributed by atoms with E-state index in [0.29, 0.717) is 0 Å². The van der Waals surface area contributed by atoms with E-state index in [9.17, 15) is 0 Å². The van der Waals surface area contributed by atoms with Crippen molar-refractivity contribution in [2.75, 3.05) is 6.79 Å². The van der Waals surface area contributed by atoms with E-state index in [1.165, 1.54) is 0 Å². The van der Waals surface area contributed by atoms with E-state index in [1.54, 1.807) is 0 Å². The molecular weight excluding hydrogens is 282 g/mol. The van der Waals surface area contributed by atoms with Crippen molar-refractivity contribution in [3.63, 3.8) is 0 Å². The fourth-order valence-corrected chi connectivity index (χ4v) is 2.29. The topological polar surface area (TPSA) is 30.5 Å². The first-order valence-electron chi connectivity index (χ1n) is 5.52. The molecule has 0 saturated carbocycles. The van der Waals surface area contributed by atoms with Crippen molar-refractivity contribution in [1.29, 1.82) is 0 Å². The Hall–Kier alpha value is -1.18. The molecular formula is C13H14BrNO2. The van der Waals surface area contributed by atoms with Gasteiger partial charge in [0.15, 0.2) is 11.5 Å². The Morgan fingerprint density at radius 3 is 3.06 bits per heavy atom. The number of terminal acetylenes is 1. The van der Waals surface area contributed by atoms with Gasteiger partial charge in [0.25, 0.3) is 0 Å². The lowest BCUT2D eigenvalue weighted by Crippen LogP contribution is -2.26. The molecule has 1 atom stereocenters. The zero-order chi connectivity index (χ0) is 12.3. The lowest BCUT2D eigenvalue weighted by atomic mass is 10.1. The van der Waals surface area contributed by atoms with Gasteiger partial charge in [0.1, 0.15) is 0 Å². The lowest BCUT2D eigenvalue weighted by Gasteiger charge is -2.11. The van der Waals surface area contributed by atoms with Crippen LogP contribution in [0.5, 0.6) is 11.5 Å². The number of ether oxygens (including phenoxy) is 2. The van der Waals surface area contributed by atoms with E-state index in [2.05, 4.69) is 34.1 Å². The van der Waals surface area contributed by atoms with Crippen LogP contribution in [0.15, 0.2) is 16.6 Å². The van der Waals surface area contributed by atoms with Gasteiger partial charge in [-0.25, -0.2) is 0 Å². The highest BCUT2D eigenvalue weighted by Gasteiger charge is 2.17. The van der Waals surface area contributed by atoms with Crippen molar-refractivity contribution < 1.29 is 9.47 Å². The molecule has 0 aromatic heterocycles. The van der Waals surface area contributed by atoms with Crippen LogP contribution in [0.2, 0.25) is 0 Å². The van der Waals surface area contributed by atoms with Crippen molar-refractivity contribution in [2.45, 2.75) is 25.9 Å². The summed E-state index contributed by atoms with van der Waals surface area (Å²) in [4.78, 5) is 0. The Morgan fingerprint density at radius 1 is 1.53 bits per heavy atom. The quantitative estimate of drug-likeness (QED) is 0.867. The minimum Gasteiger partial charge on any atom is -0.454 e. The predicted octanol–water partition coefficient (Wildman–Crippen LogP) is 2.68. The van der Waals surface area contributed by atoms with Crippen LogP contribution >= 0.6 is 15.9 Å². The summed E-state index contributed by atoms with van der Waals surface area (Å²) in [5.74, 6) is 4.27. The van der Waals surface area contributed by atoms with Gasteiger partial charge in [-0.15, -0.1) is 6.42 Å². The molecule has 17 heavy (non-hydrogen) atoms. The van der Waals surface area contributed by atoms with Gasteiger partial charge < -0.3 is 9.47 Å². The Labute approximate surface area is 110 Å². The highest BCUT2D eigenvalue weighted by atomic mass is 79.9. The summed E-state index contributed by atoms with van der Waals surface area (Å²) in [7, 11) is 0. The number of halogens is 1. The number of fused-ring (bicyclic) bond motifs is 1. The second kappa shape index (κ2) is 5.44. The monoisotopic (exact) mass is 295 g/mol. The number of nitrogens with one attached hydrogen (secondary N) is 1. The summed E-state index contributed by atoms with van der Waals surface area (Å²) in [6, 6.07) is 4.10. The van der Waals surface area contributed by atoms with Gasteiger partial charge in [-0.3, -0.25) is 5.32 Å². The minimum atomic E-state index is 0.110. The van der Waals surface area contributed by atoms with Crippen LogP contribution < -0.4 is 14.8 Å². The first-order valence-corrected chi connectivity index (χ1v) is 6.31. The van der Waals surface area contributed by atoms with Crippen molar-refractivity contribution in [3.05, 3.63) is 22.2 Å². The van der Waals surface area contributed by atoms with Gasteiger partial charge in [0.05, 0.1) is 10.5 Å². The smallest absolute Gasteiger partial charge is 0.231 e. The summed E-state index contributed by atoms with van der Waals surface area (Å²) < 4.78 is 11.6. The molecule has 1 unspecified atom stereocenters. The third-order valence-corrected chi connectivity index (χ3v) is 3.24. The summed E-state index contributed by atoms with van der Waals surface area (Å²) in [6.45, 7) is 3.07. The molecule has 3 nitrogen and oxygen atoms in total. The number of hydrogen-bond acceptors (Lipinski definition) is 3. The molecule has 0 bridgehead atoms. The first-order chi connectivity index (χ1) is 8.24. The maximum atomic E-state index is 5.40. The molecule has 0 aliphatic carbocycles. The van der Waals surface area contributed by atoms with Crippen LogP contribution in [0.3, 0.4) is 0 Å². The zero-order valence-corrected chi connectivity index (χ0v) is 11.2. The predicted molar refractivity (Wildman–Crippen MR) is 70.0 cm³/mol. The lowest BCUT2D eigenvalue weighted by molar-refractivity contribution is 0.173. The average Bonchev–Trinajstić information content (AvgIpc) is 2.79. The van der Waals surface area contributed by atoms with Crippen LogP contribution in [0, 0.1) is 12.3 Å². The second-order valence-corrected chi connectivity index (χ2v) is 4.67. The third-order valence-electron chi connectivity index (χ3n) is 2.65. The summed E-state index contributed by atoms with van der Waals surface area (Å²) >= 11 is 3.47. The number of benzene rings is 1. The fourth-order valence-electron chi connectivity index (χ4n) is 1.68. The normalized spacial score (nSPS) is 14.4. The standard InChI is InChI=1S/C13H14BrNO2/c1-3-10(4-2)15-7-9-5-11(14)13-12(6-9)16-8-17-13/h1,5-6,10,15H,4,7-8H2,2H3. The molecule has 4 heteroatoms. The van der Waals surface area contributed by atoms with E-state index >= 15 is 0 Å². The highest BCUT2D eigenvalue weighted by molar-refractivity contribution is 9.10. The molecule has 1 aliphatic heterocycles. The molecule has 0 fully saturated rings. The molecule has 0 radical (unpaired) electrons. The molecule has 0 spiro atoms. The molecule has 2 rings (SSSR count). The van der Waals surface area contributed by atoms with Crippen LogP contribution in [-0.2, 0) is 6.54 Å². The van der Waals surface area contributed by atoms with E-state index in [4.69, 9.17) is 15.9 Å². The summed E-state index contributed by atoms with van der Waals surface area (Å²) in [5, 5.41) is 3.30. The Bertz CT molecular complexity index is 453. The van der Waals surface area contributed by atoms with Gasteiger partial charge in [0.2, 0.25) is 6.79 Å².